The molecule has 7 nitrogen and oxygen atoms in total. The molecule has 1 amide bonds. The maximum atomic E-state index is 11.4. The van der Waals surface area contributed by atoms with Crippen molar-refractivity contribution in [2.75, 3.05) is 19.0 Å². The van der Waals surface area contributed by atoms with Crippen molar-refractivity contribution in [1.29, 1.82) is 0 Å². The molecule has 7 heteroatoms. The van der Waals surface area contributed by atoms with Crippen LogP contribution in [0.15, 0.2) is 36.4 Å². The molecule has 0 bridgehead atoms. The first-order valence-electron chi connectivity index (χ1n) is 6.16. The first-order chi connectivity index (χ1) is 10.0. The van der Waals surface area contributed by atoms with Gasteiger partial charge in [-0.2, -0.15) is 0 Å². The van der Waals surface area contributed by atoms with Crippen LogP contribution < -0.4 is 10.2 Å². The average molecular weight is 286 g/mol. The average Bonchev–Trinajstić information content (AvgIpc) is 2.53. The molecule has 0 aliphatic heterocycles. The molecule has 0 radical (unpaired) electrons. The highest BCUT2D eigenvalue weighted by molar-refractivity contribution is 5.92. The molecule has 1 aromatic heterocycles. The van der Waals surface area contributed by atoms with Crippen LogP contribution >= 0.6 is 0 Å². The Balaban J connectivity index is 2.21. The molecule has 0 aliphatic rings. The third-order valence-electron chi connectivity index (χ3n) is 2.96. The number of anilines is 2. The SMILES string of the molecule is CNC(=O)c1ccc(N(C)c2ccc(C(=O)O)cc2)nn1. The lowest BCUT2D eigenvalue weighted by Crippen LogP contribution is -2.20. The molecule has 0 aliphatic carbocycles. The van der Waals surface area contributed by atoms with Gasteiger partial charge in [-0.3, -0.25) is 4.79 Å². The Morgan fingerprint density at radius 1 is 1.10 bits per heavy atom. The number of carboxylic acid groups (broad SMARTS) is 1. The largest absolute Gasteiger partial charge is 0.478 e. The Morgan fingerprint density at radius 2 is 1.76 bits per heavy atom. The predicted molar refractivity (Wildman–Crippen MR) is 76.9 cm³/mol. The highest BCUT2D eigenvalue weighted by atomic mass is 16.4. The number of hydrogen-bond donors (Lipinski definition) is 2. The maximum Gasteiger partial charge on any atom is 0.335 e. The molecule has 0 atom stereocenters. The standard InChI is InChI=1S/C14H14N4O3/c1-15-13(19)11-7-8-12(17-16-11)18(2)10-5-3-9(4-6-10)14(20)21/h3-8H,1-2H3,(H,15,19)(H,20,21). The van der Waals surface area contributed by atoms with E-state index in [9.17, 15) is 9.59 Å². The molecule has 0 saturated carbocycles. The number of carbonyl (C=O) groups is 2. The van der Waals surface area contributed by atoms with Gasteiger partial charge in [0.05, 0.1) is 5.56 Å². The molecular weight excluding hydrogens is 272 g/mol. The van der Waals surface area contributed by atoms with E-state index >= 15 is 0 Å². The second-order valence-corrected chi connectivity index (χ2v) is 4.27. The molecule has 2 N–H and O–H groups in total. The van der Waals surface area contributed by atoms with Gasteiger partial charge in [0.2, 0.25) is 0 Å². The molecule has 2 rings (SSSR count). The van der Waals surface area contributed by atoms with Crippen LogP contribution in [0.2, 0.25) is 0 Å². The molecule has 1 aromatic carbocycles. The van der Waals surface area contributed by atoms with Crippen LogP contribution in [0, 0.1) is 0 Å². The summed E-state index contributed by atoms with van der Waals surface area (Å²) in [5.74, 6) is -0.729. The van der Waals surface area contributed by atoms with Gasteiger partial charge >= 0.3 is 5.97 Å². The van der Waals surface area contributed by atoms with Crippen LogP contribution in [0.1, 0.15) is 20.8 Å². The normalized spacial score (nSPS) is 10.0. The number of aromatic nitrogens is 2. The minimum absolute atomic E-state index is 0.216. The molecule has 0 unspecified atom stereocenters. The summed E-state index contributed by atoms with van der Waals surface area (Å²) in [6.07, 6.45) is 0. The summed E-state index contributed by atoms with van der Waals surface area (Å²) in [5.41, 5.74) is 1.21. The summed E-state index contributed by atoms with van der Waals surface area (Å²) in [4.78, 5) is 23.9. The number of benzene rings is 1. The smallest absolute Gasteiger partial charge is 0.335 e. The van der Waals surface area contributed by atoms with Crippen LogP contribution in [-0.4, -0.2) is 41.3 Å². The van der Waals surface area contributed by atoms with Crippen molar-refractivity contribution in [2.24, 2.45) is 0 Å². The molecule has 2 aromatic rings. The lowest BCUT2D eigenvalue weighted by Gasteiger charge is -2.17. The molecule has 108 valence electrons. The third-order valence-corrected chi connectivity index (χ3v) is 2.96. The number of carbonyl (C=O) groups excluding carboxylic acids is 1. The summed E-state index contributed by atoms with van der Waals surface area (Å²) in [7, 11) is 3.30. The fourth-order valence-corrected chi connectivity index (χ4v) is 1.71. The van der Waals surface area contributed by atoms with E-state index < -0.39 is 5.97 Å². The topological polar surface area (TPSA) is 95.4 Å². The number of nitrogens with one attached hydrogen (secondary N) is 1. The Morgan fingerprint density at radius 3 is 2.24 bits per heavy atom. The van der Waals surface area contributed by atoms with E-state index in [1.54, 1.807) is 36.2 Å². The molecule has 1 heterocycles. The number of rotatable bonds is 4. The zero-order valence-corrected chi connectivity index (χ0v) is 11.6. The first kappa shape index (κ1) is 14.4. The van der Waals surface area contributed by atoms with Crippen LogP contribution in [0.25, 0.3) is 0 Å². The van der Waals surface area contributed by atoms with E-state index in [0.717, 1.165) is 5.69 Å². The minimum atomic E-state index is -0.973. The summed E-state index contributed by atoms with van der Waals surface area (Å²) in [6, 6.07) is 9.63. The summed E-state index contributed by atoms with van der Waals surface area (Å²) < 4.78 is 0. The van der Waals surface area contributed by atoms with Gasteiger partial charge in [-0.25, -0.2) is 4.79 Å². The third kappa shape index (κ3) is 3.14. The van der Waals surface area contributed by atoms with Crippen LogP contribution in [0.4, 0.5) is 11.5 Å². The number of nitrogens with zero attached hydrogens (tertiary/aromatic N) is 3. The van der Waals surface area contributed by atoms with E-state index in [0.29, 0.717) is 5.82 Å². The second-order valence-electron chi connectivity index (χ2n) is 4.27. The van der Waals surface area contributed by atoms with E-state index in [1.807, 2.05) is 0 Å². The molecular formula is C14H14N4O3. The van der Waals surface area contributed by atoms with E-state index in [1.165, 1.54) is 19.2 Å². The van der Waals surface area contributed by atoms with Crippen LogP contribution in [-0.2, 0) is 0 Å². The van der Waals surface area contributed by atoms with Gasteiger partial charge in [-0.15, -0.1) is 10.2 Å². The molecule has 0 spiro atoms. The first-order valence-corrected chi connectivity index (χ1v) is 6.16. The molecule has 0 saturated heterocycles. The number of amides is 1. The van der Waals surface area contributed by atoms with Crippen molar-refractivity contribution in [3.05, 3.63) is 47.7 Å². The van der Waals surface area contributed by atoms with Crippen molar-refractivity contribution in [3.63, 3.8) is 0 Å². The van der Waals surface area contributed by atoms with Gasteiger partial charge in [0.15, 0.2) is 11.5 Å². The van der Waals surface area contributed by atoms with Gasteiger partial charge in [-0.05, 0) is 36.4 Å². The van der Waals surface area contributed by atoms with Crippen molar-refractivity contribution < 1.29 is 14.7 Å². The minimum Gasteiger partial charge on any atom is -0.478 e. The lowest BCUT2D eigenvalue weighted by atomic mass is 10.2. The monoisotopic (exact) mass is 286 g/mol. The van der Waals surface area contributed by atoms with Crippen LogP contribution in [0.5, 0.6) is 0 Å². The molecule has 21 heavy (non-hydrogen) atoms. The lowest BCUT2D eigenvalue weighted by molar-refractivity contribution is 0.0696. The Labute approximate surface area is 121 Å². The fourth-order valence-electron chi connectivity index (χ4n) is 1.71. The van der Waals surface area contributed by atoms with Crippen molar-refractivity contribution >= 4 is 23.4 Å². The number of carboxylic acids is 1. The summed E-state index contributed by atoms with van der Waals surface area (Å²) >= 11 is 0. The Kier molecular flexibility index (Phi) is 4.13. The van der Waals surface area contributed by atoms with Gasteiger partial charge in [0.1, 0.15) is 0 Å². The summed E-state index contributed by atoms with van der Waals surface area (Å²) in [5, 5.41) is 19.2. The number of hydrogen-bond acceptors (Lipinski definition) is 5. The van der Waals surface area contributed by atoms with E-state index in [2.05, 4.69) is 15.5 Å². The van der Waals surface area contributed by atoms with Crippen LogP contribution in [0.3, 0.4) is 0 Å². The zero-order valence-electron chi connectivity index (χ0n) is 11.6. The zero-order chi connectivity index (χ0) is 15.4. The maximum absolute atomic E-state index is 11.4. The molecule has 0 fully saturated rings. The second kappa shape index (κ2) is 6.00. The van der Waals surface area contributed by atoms with Crippen molar-refractivity contribution in [2.45, 2.75) is 0 Å². The number of aromatic carboxylic acids is 1. The fraction of sp³-hybridized carbons (Fsp3) is 0.143. The highest BCUT2D eigenvalue weighted by Crippen LogP contribution is 2.21. The van der Waals surface area contributed by atoms with Gasteiger partial charge in [-0.1, -0.05) is 0 Å². The van der Waals surface area contributed by atoms with Gasteiger partial charge in [0.25, 0.3) is 5.91 Å². The predicted octanol–water partition coefficient (Wildman–Crippen LogP) is 1.30. The van der Waals surface area contributed by atoms with Crippen molar-refractivity contribution in [3.8, 4) is 0 Å². The Hall–Kier alpha value is -2.96. The van der Waals surface area contributed by atoms with Gasteiger partial charge < -0.3 is 15.3 Å². The Bertz CT molecular complexity index is 653. The van der Waals surface area contributed by atoms with E-state index in [4.69, 9.17) is 5.11 Å². The summed E-state index contributed by atoms with van der Waals surface area (Å²) in [6.45, 7) is 0. The van der Waals surface area contributed by atoms with Crippen molar-refractivity contribution in [1.82, 2.24) is 15.5 Å². The highest BCUT2D eigenvalue weighted by Gasteiger charge is 2.10. The van der Waals surface area contributed by atoms with Gasteiger partial charge in [0, 0.05) is 19.8 Å². The quantitative estimate of drug-likeness (QED) is 0.879. The van der Waals surface area contributed by atoms with E-state index in [-0.39, 0.29) is 17.2 Å².